The first-order valence-corrected chi connectivity index (χ1v) is 6.60. The minimum atomic E-state index is -0.333. The lowest BCUT2D eigenvalue weighted by molar-refractivity contribution is 0.457. The molecule has 0 saturated heterocycles. The van der Waals surface area contributed by atoms with Crippen LogP contribution >= 0.6 is 15.9 Å². The number of anilines is 1. The lowest BCUT2D eigenvalue weighted by atomic mass is 10.3. The summed E-state index contributed by atoms with van der Waals surface area (Å²) in [6, 6.07) is 6.13. The van der Waals surface area contributed by atoms with E-state index in [0.29, 0.717) is 34.2 Å². The Morgan fingerprint density at radius 3 is 2.74 bits per heavy atom. The van der Waals surface area contributed by atoms with E-state index in [2.05, 4.69) is 31.2 Å². The molecular formula is C13H13BrFN3O. The van der Waals surface area contributed by atoms with Crippen molar-refractivity contribution in [3.63, 3.8) is 0 Å². The van der Waals surface area contributed by atoms with Crippen molar-refractivity contribution >= 4 is 21.7 Å². The summed E-state index contributed by atoms with van der Waals surface area (Å²) in [5.74, 6) is 1.97. The second kappa shape index (κ2) is 5.97. The molecule has 0 atom stereocenters. The molecule has 0 aliphatic carbocycles. The van der Waals surface area contributed by atoms with Crippen LogP contribution in [0.1, 0.15) is 12.7 Å². The monoisotopic (exact) mass is 325 g/mol. The van der Waals surface area contributed by atoms with E-state index in [-0.39, 0.29) is 5.82 Å². The molecule has 0 aliphatic rings. The third kappa shape index (κ3) is 3.41. The molecule has 1 aromatic heterocycles. The lowest BCUT2D eigenvalue weighted by Gasteiger charge is -2.08. The van der Waals surface area contributed by atoms with Gasteiger partial charge in [-0.3, -0.25) is 0 Å². The standard InChI is InChI=1S/C13H13BrFN3O/c1-3-11-17-12(16-2)7-13(18-11)19-8-4-5-10(15)9(14)6-8/h4-7H,3H2,1-2H3,(H,16,17,18). The number of nitrogens with one attached hydrogen (secondary N) is 1. The molecule has 100 valence electrons. The van der Waals surface area contributed by atoms with Crippen molar-refractivity contribution in [1.29, 1.82) is 0 Å². The van der Waals surface area contributed by atoms with Gasteiger partial charge in [0, 0.05) is 19.5 Å². The van der Waals surface area contributed by atoms with Crippen LogP contribution in [0.5, 0.6) is 11.6 Å². The Hall–Kier alpha value is -1.69. The lowest BCUT2D eigenvalue weighted by Crippen LogP contribution is -2.01. The van der Waals surface area contributed by atoms with Crippen LogP contribution in [0.2, 0.25) is 0 Å². The maximum absolute atomic E-state index is 13.1. The first-order chi connectivity index (χ1) is 9.12. The van der Waals surface area contributed by atoms with Gasteiger partial charge in [0.1, 0.15) is 23.2 Å². The Morgan fingerprint density at radius 1 is 1.32 bits per heavy atom. The van der Waals surface area contributed by atoms with Crippen molar-refractivity contribution in [2.24, 2.45) is 0 Å². The van der Waals surface area contributed by atoms with E-state index in [1.54, 1.807) is 25.2 Å². The third-order valence-corrected chi connectivity index (χ3v) is 3.04. The topological polar surface area (TPSA) is 47.0 Å². The fourth-order valence-corrected chi connectivity index (χ4v) is 1.83. The third-order valence-electron chi connectivity index (χ3n) is 2.43. The van der Waals surface area contributed by atoms with E-state index in [4.69, 9.17) is 4.74 Å². The largest absolute Gasteiger partial charge is 0.439 e. The van der Waals surface area contributed by atoms with Crippen molar-refractivity contribution < 1.29 is 9.13 Å². The predicted octanol–water partition coefficient (Wildman–Crippen LogP) is 3.77. The highest BCUT2D eigenvalue weighted by atomic mass is 79.9. The molecular weight excluding hydrogens is 313 g/mol. The van der Waals surface area contributed by atoms with Gasteiger partial charge in [0.2, 0.25) is 5.88 Å². The predicted molar refractivity (Wildman–Crippen MR) is 75.1 cm³/mol. The number of ether oxygens (including phenoxy) is 1. The molecule has 0 aliphatic heterocycles. The maximum atomic E-state index is 13.1. The minimum absolute atomic E-state index is 0.333. The molecule has 0 radical (unpaired) electrons. The van der Waals surface area contributed by atoms with E-state index in [1.807, 2.05) is 6.92 Å². The van der Waals surface area contributed by atoms with E-state index in [9.17, 15) is 4.39 Å². The Bertz CT molecular complexity index is 570. The smallest absolute Gasteiger partial charge is 0.224 e. The van der Waals surface area contributed by atoms with Crippen molar-refractivity contribution in [2.75, 3.05) is 12.4 Å². The summed E-state index contributed by atoms with van der Waals surface area (Å²) in [7, 11) is 1.78. The van der Waals surface area contributed by atoms with Crippen LogP contribution in [0.15, 0.2) is 28.7 Å². The number of aryl methyl sites for hydroxylation is 1. The molecule has 0 bridgehead atoms. The molecule has 1 aromatic carbocycles. The molecule has 1 heterocycles. The van der Waals surface area contributed by atoms with Gasteiger partial charge in [-0.05, 0) is 34.1 Å². The number of aromatic nitrogens is 2. The Morgan fingerprint density at radius 2 is 2.11 bits per heavy atom. The molecule has 1 N–H and O–H groups in total. The molecule has 4 nitrogen and oxygen atoms in total. The summed E-state index contributed by atoms with van der Waals surface area (Å²) in [5, 5.41) is 2.95. The van der Waals surface area contributed by atoms with Crippen LogP contribution < -0.4 is 10.1 Å². The fraction of sp³-hybridized carbons (Fsp3) is 0.231. The normalized spacial score (nSPS) is 10.3. The SMILES string of the molecule is CCc1nc(NC)cc(Oc2ccc(F)c(Br)c2)n1. The Labute approximate surface area is 119 Å². The Balaban J connectivity index is 2.29. The van der Waals surface area contributed by atoms with Gasteiger partial charge >= 0.3 is 0 Å². The zero-order chi connectivity index (χ0) is 13.8. The van der Waals surface area contributed by atoms with Gasteiger partial charge in [0.05, 0.1) is 4.47 Å². The number of nitrogens with zero attached hydrogens (tertiary/aromatic N) is 2. The Kier molecular flexibility index (Phi) is 4.31. The summed E-state index contributed by atoms with van der Waals surface area (Å²) in [6.45, 7) is 1.97. The van der Waals surface area contributed by atoms with Crippen LogP contribution in [-0.2, 0) is 6.42 Å². The zero-order valence-corrected chi connectivity index (χ0v) is 12.2. The number of benzene rings is 1. The minimum Gasteiger partial charge on any atom is -0.439 e. The summed E-state index contributed by atoms with van der Waals surface area (Å²) in [6.07, 6.45) is 0.707. The van der Waals surface area contributed by atoms with Crippen LogP contribution in [0.25, 0.3) is 0 Å². The van der Waals surface area contributed by atoms with Gasteiger partial charge in [0.15, 0.2) is 0 Å². The highest BCUT2D eigenvalue weighted by Gasteiger charge is 2.06. The van der Waals surface area contributed by atoms with Gasteiger partial charge in [0.25, 0.3) is 0 Å². The first kappa shape index (κ1) is 13.7. The van der Waals surface area contributed by atoms with Gasteiger partial charge in [-0.1, -0.05) is 6.92 Å². The summed E-state index contributed by atoms with van der Waals surface area (Å²) in [4.78, 5) is 8.54. The van der Waals surface area contributed by atoms with E-state index in [0.717, 1.165) is 0 Å². The van der Waals surface area contributed by atoms with Crippen LogP contribution in [0.3, 0.4) is 0 Å². The van der Waals surface area contributed by atoms with Crippen LogP contribution in [-0.4, -0.2) is 17.0 Å². The second-order valence-electron chi connectivity index (χ2n) is 3.79. The maximum Gasteiger partial charge on any atom is 0.224 e. The summed E-state index contributed by atoms with van der Waals surface area (Å²) in [5.41, 5.74) is 0. The molecule has 0 saturated carbocycles. The molecule has 2 rings (SSSR count). The van der Waals surface area contributed by atoms with Gasteiger partial charge in [-0.15, -0.1) is 0 Å². The van der Waals surface area contributed by atoms with Crippen molar-refractivity contribution in [3.8, 4) is 11.6 Å². The van der Waals surface area contributed by atoms with Crippen LogP contribution in [0, 0.1) is 5.82 Å². The summed E-state index contributed by atoms with van der Waals surface area (Å²) < 4.78 is 19.1. The van der Waals surface area contributed by atoms with E-state index in [1.165, 1.54) is 6.07 Å². The zero-order valence-electron chi connectivity index (χ0n) is 10.6. The van der Waals surface area contributed by atoms with Gasteiger partial charge in [-0.25, -0.2) is 9.37 Å². The van der Waals surface area contributed by atoms with Crippen molar-refractivity contribution in [3.05, 3.63) is 40.4 Å². The number of hydrogen-bond acceptors (Lipinski definition) is 4. The van der Waals surface area contributed by atoms with Gasteiger partial charge in [-0.2, -0.15) is 4.98 Å². The molecule has 0 amide bonds. The molecule has 6 heteroatoms. The number of halogens is 2. The van der Waals surface area contributed by atoms with E-state index >= 15 is 0 Å². The molecule has 0 fully saturated rings. The highest BCUT2D eigenvalue weighted by Crippen LogP contribution is 2.26. The summed E-state index contributed by atoms with van der Waals surface area (Å²) >= 11 is 3.12. The molecule has 0 spiro atoms. The van der Waals surface area contributed by atoms with E-state index < -0.39 is 0 Å². The number of hydrogen-bond donors (Lipinski definition) is 1. The number of rotatable bonds is 4. The van der Waals surface area contributed by atoms with Crippen molar-refractivity contribution in [2.45, 2.75) is 13.3 Å². The fourth-order valence-electron chi connectivity index (χ4n) is 1.47. The highest BCUT2D eigenvalue weighted by molar-refractivity contribution is 9.10. The second-order valence-corrected chi connectivity index (χ2v) is 4.64. The first-order valence-electron chi connectivity index (χ1n) is 5.81. The average molecular weight is 326 g/mol. The molecule has 2 aromatic rings. The quantitative estimate of drug-likeness (QED) is 0.929. The molecule has 19 heavy (non-hydrogen) atoms. The van der Waals surface area contributed by atoms with Gasteiger partial charge < -0.3 is 10.1 Å². The van der Waals surface area contributed by atoms with Crippen molar-refractivity contribution in [1.82, 2.24) is 9.97 Å². The molecule has 0 unspecified atom stereocenters. The average Bonchev–Trinajstić information content (AvgIpc) is 2.42. The van der Waals surface area contributed by atoms with Crippen LogP contribution in [0.4, 0.5) is 10.2 Å².